The molecular formula is C15H19N3O2. The fourth-order valence-electron chi connectivity index (χ4n) is 2.43. The minimum Gasteiger partial charge on any atom is -0.490 e. The van der Waals surface area contributed by atoms with Crippen molar-refractivity contribution in [2.24, 2.45) is 0 Å². The van der Waals surface area contributed by atoms with Crippen LogP contribution in [0.1, 0.15) is 30.6 Å². The van der Waals surface area contributed by atoms with Crippen molar-refractivity contribution in [2.45, 2.75) is 26.3 Å². The normalized spacial score (nSPS) is 15.7. The van der Waals surface area contributed by atoms with Gasteiger partial charge in [0.2, 0.25) is 0 Å². The molecule has 1 aromatic heterocycles. The molecule has 106 valence electrons. The lowest BCUT2D eigenvalue weighted by atomic mass is 10.1. The molecule has 2 heterocycles. The van der Waals surface area contributed by atoms with Crippen LogP contribution in [0, 0.1) is 6.92 Å². The van der Waals surface area contributed by atoms with E-state index in [-0.39, 0.29) is 6.04 Å². The van der Waals surface area contributed by atoms with Crippen molar-refractivity contribution in [3.8, 4) is 11.5 Å². The summed E-state index contributed by atoms with van der Waals surface area (Å²) >= 11 is 0. The number of nitrogens with two attached hydrogens (primary N) is 1. The molecule has 0 spiro atoms. The predicted molar refractivity (Wildman–Crippen MR) is 77.2 cm³/mol. The molecule has 0 amide bonds. The highest BCUT2D eigenvalue weighted by Gasteiger charge is 2.16. The van der Waals surface area contributed by atoms with Crippen LogP contribution in [0.5, 0.6) is 11.5 Å². The molecule has 0 saturated heterocycles. The first-order valence-corrected chi connectivity index (χ1v) is 6.86. The smallest absolute Gasteiger partial charge is 0.161 e. The number of hydrogen-bond donors (Lipinski definition) is 1. The van der Waals surface area contributed by atoms with Gasteiger partial charge in [-0.1, -0.05) is 6.07 Å². The van der Waals surface area contributed by atoms with Gasteiger partial charge in [0, 0.05) is 12.5 Å². The number of anilines is 1. The van der Waals surface area contributed by atoms with Crippen LogP contribution >= 0.6 is 0 Å². The number of aromatic nitrogens is 2. The topological polar surface area (TPSA) is 62.3 Å². The predicted octanol–water partition coefficient (Wildman–Crippen LogP) is 2.54. The molecule has 2 N–H and O–H groups in total. The van der Waals surface area contributed by atoms with Crippen LogP contribution in [-0.4, -0.2) is 23.0 Å². The van der Waals surface area contributed by atoms with Crippen LogP contribution in [0.4, 0.5) is 5.82 Å². The number of nitrogens with zero attached hydrogens (tertiary/aromatic N) is 2. The molecule has 0 bridgehead atoms. The molecule has 5 nitrogen and oxygen atoms in total. The van der Waals surface area contributed by atoms with Crippen molar-refractivity contribution < 1.29 is 9.47 Å². The number of aryl methyl sites for hydroxylation is 1. The van der Waals surface area contributed by atoms with Gasteiger partial charge in [-0.25, -0.2) is 4.68 Å². The Kier molecular flexibility index (Phi) is 3.26. The fourth-order valence-corrected chi connectivity index (χ4v) is 2.43. The second-order valence-corrected chi connectivity index (χ2v) is 5.09. The molecule has 0 aliphatic carbocycles. The number of rotatable bonds is 2. The monoisotopic (exact) mass is 273 g/mol. The molecule has 5 heteroatoms. The first-order valence-electron chi connectivity index (χ1n) is 6.86. The van der Waals surface area contributed by atoms with E-state index >= 15 is 0 Å². The fraction of sp³-hybridized carbons (Fsp3) is 0.400. The molecule has 0 saturated carbocycles. The van der Waals surface area contributed by atoms with E-state index in [1.54, 1.807) is 0 Å². The molecule has 1 atom stereocenters. The summed E-state index contributed by atoms with van der Waals surface area (Å²) in [6, 6.07) is 7.94. The summed E-state index contributed by atoms with van der Waals surface area (Å²) in [4.78, 5) is 0. The Labute approximate surface area is 118 Å². The third kappa shape index (κ3) is 2.31. The van der Waals surface area contributed by atoms with Gasteiger partial charge in [0.25, 0.3) is 0 Å². The van der Waals surface area contributed by atoms with Crippen LogP contribution in [0.15, 0.2) is 24.3 Å². The highest BCUT2D eigenvalue weighted by Crippen LogP contribution is 2.33. The van der Waals surface area contributed by atoms with E-state index in [1.807, 2.05) is 35.9 Å². The largest absolute Gasteiger partial charge is 0.490 e. The first-order chi connectivity index (χ1) is 9.65. The van der Waals surface area contributed by atoms with Gasteiger partial charge in [-0.15, -0.1) is 0 Å². The number of benzene rings is 1. The Morgan fingerprint density at radius 2 is 1.95 bits per heavy atom. The van der Waals surface area contributed by atoms with Gasteiger partial charge in [0.1, 0.15) is 5.82 Å². The Morgan fingerprint density at radius 3 is 2.65 bits per heavy atom. The summed E-state index contributed by atoms with van der Waals surface area (Å²) in [6.45, 7) is 5.40. The lowest BCUT2D eigenvalue weighted by Gasteiger charge is -2.16. The zero-order valence-corrected chi connectivity index (χ0v) is 11.8. The van der Waals surface area contributed by atoms with Crippen molar-refractivity contribution in [3.05, 3.63) is 35.5 Å². The Balaban J connectivity index is 1.94. The van der Waals surface area contributed by atoms with E-state index < -0.39 is 0 Å². The Morgan fingerprint density at radius 1 is 1.20 bits per heavy atom. The molecule has 20 heavy (non-hydrogen) atoms. The van der Waals surface area contributed by atoms with Crippen LogP contribution in [0.2, 0.25) is 0 Å². The molecular weight excluding hydrogens is 254 g/mol. The van der Waals surface area contributed by atoms with Crippen molar-refractivity contribution in [3.63, 3.8) is 0 Å². The summed E-state index contributed by atoms with van der Waals surface area (Å²) in [5.41, 5.74) is 8.01. The quantitative estimate of drug-likeness (QED) is 0.913. The summed E-state index contributed by atoms with van der Waals surface area (Å²) in [7, 11) is 0. The van der Waals surface area contributed by atoms with Crippen LogP contribution < -0.4 is 15.2 Å². The van der Waals surface area contributed by atoms with Crippen molar-refractivity contribution >= 4 is 5.82 Å². The molecule has 1 unspecified atom stereocenters. The summed E-state index contributed by atoms with van der Waals surface area (Å²) < 4.78 is 13.2. The van der Waals surface area contributed by atoms with Crippen molar-refractivity contribution in [1.82, 2.24) is 9.78 Å². The van der Waals surface area contributed by atoms with Gasteiger partial charge in [0.05, 0.1) is 24.9 Å². The van der Waals surface area contributed by atoms with Gasteiger partial charge >= 0.3 is 0 Å². The second kappa shape index (κ2) is 5.07. The minimum absolute atomic E-state index is 0.0563. The van der Waals surface area contributed by atoms with Gasteiger partial charge in [-0.2, -0.15) is 5.10 Å². The van der Waals surface area contributed by atoms with E-state index in [4.69, 9.17) is 15.2 Å². The maximum atomic E-state index is 5.99. The molecule has 1 aliphatic heterocycles. The number of ether oxygens (including phenoxy) is 2. The van der Waals surface area contributed by atoms with Crippen LogP contribution in [0.3, 0.4) is 0 Å². The lowest BCUT2D eigenvalue weighted by molar-refractivity contribution is 0.297. The SMILES string of the molecule is Cc1cc(N)n(C(C)c2ccc3c(c2)OCCCO3)n1. The van der Waals surface area contributed by atoms with Crippen molar-refractivity contribution in [2.75, 3.05) is 18.9 Å². The lowest BCUT2D eigenvalue weighted by Crippen LogP contribution is -2.11. The van der Waals surface area contributed by atoms with E-state index in [1.165, 1.54) is 0 Å². The van der Waals surface area contributed by atoms with Gasteiger partial charge in [-0.05, 0) is 31.5 Å². The molecule has 1 aliphatic rings. The number of nitrogen functional groups attached to an aromatic ring is 1. The Bertz CT molecular complexity index is 622. The van der Waals surface area contributed by atoms with Gasteiger partial charge < -0.3 is 15.2 Å². The van der Waals surface area contributed by atoms with E-state index in [0.29, 0.717) is 19.0 Å². The third-order valence-electron chi connectivity index (χ3n) is 3.51. The van der Waals surface area contributed by atoms with E-state index in [2.05, 4.69) is 12.0 Å². The minimum atomic E-state index is 0.0563. The summed E-state index contributed by atoms with van der Waals surface area (Å²) in [5.74, 6) is 2.28. The third-order valence-corrected chi connectivity index (χ3v) is 3.51. The Hall–Kier alpha value is -2.17. The molecule has 0 fully saturated rings. The zero-order valence-electron chi connectivity index (χ0n) is 11.8. The van der Waals surface area contributed by atoms with Crippen molar-refractivity contribution in [1.29, 1.82) is 0 Å². The highest BCUT2D eigenvalue weighted by atomic mass is 16.5. The molecule has 3 rings (SSSR count). The standard InChI is InChI=1S/C15H19N3O2/c1-10-8-15(16)18(17-10)11(2)12-4-5-13-14(9-12)20-7-3-6-19-13/h4-5,8-9,11H,3,6-7,16H2,1-2H3. The maximum absolute atomic E-state index is 5.99. The molecule has 0 radical (unpaired) electrons. The van der Waals surface area contributed by atoms with E-state index in [9.17, 15) is 0 Å². The molecule has 1 aromatic carbocycles. The average Bonchev–Trinajstić information content (AvgIpc) is 2.65. The van der Waals surface area contributed by atoms with Crippen LogP contribution in [-0.2, 0) is 0 Å². The van der Waals surface area contributed by atoms with Gasteiger partial charge in [-0.3, -0.25) is 0 Å². The highest BCUT2D eigenvalue weighted by molar-refractivity contribution is 5.45. The van der Waals surface area contributed by atoms with Gasteiger partial charge in [0.15, 0.2) is 11.5 Å². The van der Waals surface area contributed by atoms with Crippen LogP contribution in [0.25, 0.3) is 0 Å². The number of fused-ring (bicyclic) bond motifs is 1. The molecule has 2 aromatic rings. The second-order valence-electron chi connectivity index (χ2n) is 5.09. The number of hydrogen-bond acceptors (Lipinski definition) is 4. The zero-order chi connectivity index (χ0) is 14.1. The average molecular weight is 273 g/mol. The van der Waals surface area contributed by atoms with E-state index in [0.717, 1.165) is 29.2 Å². The summed E-state index contributed by atoms with van der Waals surface area (Å²) in [6.07, 6.45) is 0.908. The summed E-state index contributed by atoms with van der Waals surface area (Å²) in [5, 5.41) is 4.44. The first kappa shape index (κ1) is 12.8. The maximum Gasteiger partial charge on any atom is 0.161 e.